The van der Waals surface area contributed by atoms with Crippen molar-refractivity contribution in [3.05, 3.63) is 97.2 Å². The van der Waals surface area contributed by atoms with E-state index in [1.807, 2.05) is 0 Å². The Bertz CT molecular complexity index is 2190. The van der Waals surface area contributed by atoms with Crippen molar-refractivity contribution >= 4 is 76.1 Å². The zero-order valence-corrected chi connectivity index (χ0v) is 17.1. The van der Waals surface area contributed by atoms with Crippen molar-refractivity contribution in [2.24, 2.45) is 0 Å². The second-order valence-electron chi connectivity index (χ2n) is 9.03. The number of benzene rings is 5. The molecule has 0 aliphatic rings. The first-order valence-electron chi connectivity index (χ1n) is 11.1. The van der Waals surface area contributed by atoms with E-state index in [0.29, 0.717) is 0 Å². The minimum absolute atomic E-state index is 1.29. The van der Waals surface area contributed by atoms with Gasteiger partial charge in [-0.1, -0.05) is 60.7 Å². The van der Waals surface area contributed by atoms with E-state index < -0.39 is 0 Å². The molecule has 0 aliphatic carbocycles. The number of hydrogen-bond acceptors (Lipinski definition) is 0. The molecule has 9 aromatic rings. The number of aromatic nitrogens is 2. The van der Waals surface area contributed by atoms with E-state index in [2.05, 4.69) is 106 Å². The van der Waals surface area contributed by atoms with Gasteiger partial charge in [0.1, 0.15) is 0 Å². The summed E-state index contributed by atoms with van der Waals surface area (Å²) in [7, 11) is 0. The molecule has 0 aliphatic heterocycles. The largest absolute Gasteiger partial charge is 0.315 e. The Morgan fingerprint density at radius 2 is 1.09 bits per heavy atom. The van der Waals surface area contributed by atoms with Gasteiger partial charge in [-0.05, 0) is 41.1 Å². The van der Waals surface area contributed by atoms with Crippen molar-refractivity contribution < 1.29 is 0 Å². The molecule has 0 saturated carbocycles. The summed E-state index contributed by atoms with van der Waals surface area (Å²) in [6.07, 6.45) is 2.24. The summed E-state index contributed by atoms with van der Waals surface area (Å²) in [5, 5.41) is 12.0. The molecule has 0 fully saturated rings. The maximum atomic E-state index is 2.47. The normalized spacial score (nSPS) is 13.0. The number of rotatable bonds is 0. The second kappa shape index (κ2) is 4.95. The molecule has 0 N–H and O–H groups in total. The van der Waals surface area contributed by atoms with E-state index in [-0.39, 0.29) is 0 Å². The van der Waals surface area contributed by atoms with Gasteiger partial charge in [0.2, 0.25) is 0 Å². The molecule has 0 spiro atoms. The fraction of sp³-hybridized carbons (Fsp3) is 0. The molecule has 0 atom stereocenters. The Balaban J connectivity index is 1.60. The summed E-state index contributed by atoms with van der Waals surface area (Å²) in [5.41, 5.74) is 6.54. The molecular formula is C30H16N2. The molecule has 0 unspecified atom stereocenters. The third kappa shape index (κ3) is 1.55. The summed E-state index contributed by atoms with van der Waals surface area (Å²) in [5.74, 6) is 0. The third-order valence-corrected chi connectivity index (χ3v) is 7.58. The Hall–Kier alpha value is -4.30. The standard InChI is InChI=1S/C30H16N2/c1-2-7-18-17(6-1)14-25-24-16-28-23(15-27(24)31-13-12-22(18)29(25)31)21-10-5-9-20-19-8-3-4-11-26(19)32(28)30(20)21/h1-16H. The van der Waals surface area contributed by atoms with Crippen LogP contribution in [-0.2, 0) is 0 Å². The monoisotopic (exact) mass is 404 g/mol. The fourth-order valence-electron chi connectivity index (χ4n) is 6.30. The average Bonchev–Trinajstić information content (AvgIpc) is 3.58. The number of nitrogens with zero attached hydrogens (tertiary/aromatic N) is 2. The van der Waals surface area contributed by atoms with Crippen molar-refractivity contribution in [2.45, 2.75) is 0 Å². The van der Waals surface area contributed by atoms with Crippen LogP contribution in [-0.4, -0.2) is 8.80 Å². The average molecular weight is 404 g/mol. The van der Waals surface area contributed by atoms with Gasteiger partial charge < -0.3 is 8.80 Å². The molecule has 0 radical (unpaired) electrons. The first kappa shape index (κ1) is 15.5. The number of fused-ring (bicyclic) bond motifs is 11. The van der Waals surface area contributed by atoms with Crippen LogP contribution in [0.25, 0.3) is 76.1 Å². The van der Waals surface area contributed by atoms with E-state index >= 15 is 0 Å². The van der Waals surface area contributed by atoms with Crippen LogP contribution >= 0.6 is 0 Å². The molecule has 2 nitrogen and oxygen atoms in total. The lowest BCUT2D eigenvalue weighted by molar-refractivity contribution is 1.31. The van der Waals surface area contributed by atoms with Gasteiger partial charge in [-0.2, -0.15) is 0 Å². The van der Waals surface area contributed by atoms with Gasteiger partial charge in [0.25, 0.3) is 0 Å². The Kier molecular flexibility index (Phi) is 2.40. The van der Waals surface area contributed by atoms with Gasteiger partial charge in [-0.15, -0.1) is 0 Å². The molecule has 0 saturated heterocycles. The molecule has 0 amide bonds. The zero-order chi connectivity index (χ0) is 20.6. The van der Waals surface area contributed by atoms with E-state index in [0.717, 1.165) is 0 Å². The van der Waals surface area contributed by atoms with Gasteiger partial charge in [-0.3, -0.25) is 0 Å². The molecule has 2 heteroatoms. The smallest absolute Gasteiger partial charge is 0.0620 e. The van der Waals surface area contributed by atoms with E-state index in [1.54, 1.807) is 0 Å². The van der Waals surface area contributed by atoms with Crippen molar-refractivity contribution in [1.82, 2.24) is 8.80 Å². The van der Waals surface area contributed by atoms with Gasteiger partial charge >= 0.3 is 0 Å². The van der Waals surface area contributed by atoms with E-state index in [4.69, 9.17) is 0 Å². The highest BCUT2D eigenvalue weighted by Crippen LogP contribution is 2.43. The van der Waals surface area contributed by atoms with Crippen LogP contribution in [0.1, 0.15) is 0 Å². The topological polar surface area (TPSA) is 8.82 Å². The Morgan fingerprint density at radius 1 is 0.406 bits per heavy atom. The van der Waals surface area contributed by atoms with Crippen LogP contribution in [0.4, 0.5) is 0 Å². The minimum Gasteiger partial charge on any atom is -0.315 e. The van der Waals surface area contributed by atoms with E-state index in [1.165, 1.54) is 76.1 Å². The lowest BCUT2D eigenvalue weighted by Gasteiger charge is -2.01. The quantitative estimate of drug-likeness (QED) is 0.242. The van der Waals surface area contributed by atoms with Crippen LogP contribution in [0, 0.1) is 0 Å². The predicted molar refractivity (Wildman–Crippen MR) is 136 cm³/mol. The maximum Gasteiger partial charge on any atom is 0.0620 e. The zero-order valence-electron chi connectivity index (χ0n) is 17.1. The summed E-state index contributed by atoms with van der Waals surface area (Å²) in [4.78, 5) is 0. The van der Waals surface area contributed by atoms with Gasteiger partial charge in [-0.25, -0.2) is 0 Å². The van der Waals surface area contributed by atoms with Crippen molar-refractivity contribution in [3.8, 4) is 0 Å². The molecule has 146 valence electrons. The van der Waals surface area contributed by atoms with Crippen molar-refractivity contribution in [2.75, 3.05) is 0 Å². The molecule has 4 aromatic heterocycles. The Labute approximate surface area is 182 Å². The lowest BCUT2D eigenvalue weighted by Crippen LogP contribution is -1.81. The number of para-hydroxylation sites is 2. The van der Waals surface area contributed by atoms with Crippen LogP contribution in [0.3, 0.4) is 0 Å². The van der Waals surface area contributed by atoms with Gasteiger partial charge in [0.15, 0.2) is 0 Å². The summed E-state index contributed by atoms with van der Waals surface area (Å²) >= 11 is 0. The third-order valence-electron chi connectivity index (χ3n) is 7.58. The highest BCUT2D eigenvalue weighted by Gasteiger charge is 2.20. The first-order chi connectivity index (χ1) is 15.9. The SMILES string of the molecule is c1ccc2c(c1)cc1c3cc4c(cc3n3ccc2c13)c1cccc2c3ccccc3n4c21. The highest BCUT2D eigenvalue weighted by molar-refractivity contribution is 6.28. The maximum absolute atomic E-state index is 2.47. The molecule has 32 heavy (non-hydrogen) atoms. The molecule has 4 heterocycles. The fourth-order valence-corrected chi connectivity index (χ4v) is 6.30. The summed E-state index contributed by atoms with van der Waals surface area (Å²) < 4.78 is 4.86. The van der Waals surface area contributed by atoms with Crippen LogP contribution in [0.15, 0.2) is 97.2 Å². The van der Waals surface area contributed by atoms with Crippen molar-refractivity contribution in [1.29, 1.82) is 0 Å². The second-order valence-corrected chi connectivity index (χ2v) is 9.03. The first-order valence-corrected chi connectivity index (χ1v) is 11.1. The number of hydrogen-bond donors (Lipinski definition) is 0. The van der Waals surface area contributed by atoms with Gasteiger partial charge in [0.05, 0.1) is 27.6 Å². The minimum atomic E-state index is 1.29. The Morgan fingerprint density at radius 3 is 2.03 bits per heavy atom. The molecule has 0 bridgehead atoms. The molecule has 9 rings (SSSR count). The summed E-state index contributed by atoms with van der Waals surface area (Å²) in [6, 6.07) is 33.7. The van der Waals surface area contributed by atoms with Crippen LogP contribution in [0.5, 0.6) is 0 Å². The van der Waals surface area contributed by atoms with E-state index in [9.17, 15) is 0 Å². The van der Waals surface area contributed by atoms with Gasteiger partial charge in [0, 0.05) is 43.9 Å². The summed E-state index contributed by atoms with van der Waals surface area (Å²) in [6.45, 7) is 0. The lowest BCUT2D eigenvalue weighted by atomic mass is 10.0. The van der Waals surface area contributed by atoms with Crippen LogP contribution in [0.2, 0.25) is 0 Å². The molecule has 5 aromatic carbocycles. The highest BCUT2D eigenvalue weighted by atomic mass is 14.9. The van der Waals surface area contributed by atoms with Crippen molar-refractivity contribution in [3.63, 3.8) is 0 Å². The molecular weight excluding hydrogens is 388 g/mol. The predicted octanol–water partition coefficient (Wildman–Crippen LogP) is 7.99. The van der Waals surface area contributed by atoms with Crippen LogP contribution < -0.4 is 0 Å².